The SMILES string of the molecule is CCOC(=O)C(OCCC(F)(F)C(F)(F)S(=O)(=O)[O-])(OC(C)=O)C(F)(F)C(F)(F)F. The molecule has 0 aromatic carbocycles. The van der Waals surface area contributed by atoms with Gasteiger partial charge in [-0.25, -0.2) is 13.2 Å². The number of alkyl halides is 9. The summed E-state index contributed by atoms with van der Waals surface area (Å²) in [5.41, 5.74) is 0. The maximum absolute atomic E-state index is 13.9. The van der Waals surface area contributed by atoms with Crippen LogP contribution in [0.25, 0.3) is 0 Å². The molecule has 1 unspecified atom stereocenters. The van der Waals surface area contributed by atoms with E-state index in [1.54, 1.807) is 0 Å². The molecule has 0 aliphatic carbocycles. The number of rotatable bonds is 10. The molecular formula is C12H12F9O8S-. The van der Waals surface area contributed by atoms with Crippen LogP contribution in [0.15, 0.2) is 0 Å². The van der Waals surface area contributed by atoms with E-state index >= 15 is 0 Å². The summed E-state index contributed by atoms with van der Waals surface area (Å²) in [5, 5.41) is -6.33. The van der Waals surface area contributed by atoms with Crippen LogP contribution in [0.2, 0.25) is 0 Å². The Kier molecular flexibility index (Phi) is 8.21. The first kappa shape index (κ1) is 28.2. The highest BCUT2D eigenvalue weighted by Crippen LogP contribution is 2.48. The molecule has 0 amide bonds. The first-order chi connectivity index (χ1) is 13.1. The van der Waals surface area contributed by atoms with Crippen LogP contribution < -0.4 is 0 Å². The third-order valence-corrected chi connectivity index (χ3v) is 3.99. The van der Waals surface area contributed by atoms with E-state index in [0.29, 0.717) is 0 Å². The van der Waals surface area contributed by atoms with Crippen LogP contribution >= 0.6 is 0 Å². The van der Waals surface area contributed by atoms with Crippen molar-refractivity contribution in [3.8, 4) is 0 Å². The van der Waals surface area contributed by atoms with Crippen molar-refractivity contribution in [3.05, 3.63) is 0 Å². The van der Waals surface area contributed by atoms with Crippen molar-refractivity contribution in [3.63, 3.8) is 0 Å². The summed E-state index contributed by atoms with van der Waals surface area (Å²) in [6.45, 7) is -2.18. The van der Waals surface area contributed by atoms with Crippen LogP contribution in [0.3, 0.4) is 0 Å². The topological polar surface area (TPSA) is 119 Å². The minimum Gasteiger partial charge on any atom is -0.743 e. The number of hydrogen-bond donors (Lipinski definition) is 0. The van der Waals surface area contributed by atoms with Gasteiger partial charge in [-0.1, -0.05) is 0 Å². The quantitative estimate of drug-likeness (QED) is 0.199. The van der Waals surface area contributed by atoms with E-state index in [-0.39, 0.29) is 6.92 Å². The minimum atomic E-state index is -7.02. The van der Waals surface area contributed by atoms with Gasteiger partial charge < -0.3 is 18.8 Å². The van der Waals surface area contributed by atoms with E-state index in [1.165, 1.54) is 0 Å². The first-order valence-electron chi connectivity index (χ1n) is 7.27. The third kappa shape index (κ3) is 5.26. The molecule has 0 aliphatic heterocycles. The summed E-state index contributed by atoms with van der Waals surface area (Å²) in [4.78, 5) is 22.7. The van der Waals surface area contributed by atoms with Gasteiger partial charge >= 0.3 is 41.0 Å². The molecule has 18 heteroatoms. The zero-order valence-electron chi connectivity index (χ0n) is 14.7. The van der Waals surface area contributed by atoms with Gasteiger partial charge in [0.25, 0.3) is 0 Å². The molecule has 0 heterocycles. The van der Waals surface area contributed by atoms with Crippen molar-refractivity contribution in [2.75, 3.05) is 13.2 Å². The second-order valence-electron chi connectivity index (χ2n) is 5.28. The van der Waals surface area contributed by atoms with Gasteiger partial charge in [0.2, 0.25) is 0 Å². The highest BCUT2D eigenvalue weighted by molar-refractivity contribution is 7.86. The molecule has 30 heavy (non-hydrogen) atoms. The summed E-state index contributed by atoms with van der Waals surface area (Å²) in [6, 6.07) is 0. The van der Waals surface area contributed by atoms with Gasteiger partial charge in [-0.05, 0) is 6.92 Å². The molecule has 8 nitrogen and oxygen atoms in total. The van der Waals surface area contributed by atoms with E-state index in [1.807, 2.05) is 0 Å². The fraction of sp³-hybridized carbons (Fsp3) is 0.833. The Hall–Kier alpha value is -1.82. The summed E-state index contributed by atoms with van der Waals surface area (Å²) in [6.07, 6.45) is -9.39. The van der Waals surface area contributed by atoms with Crippen molar-refractivity contribution in [2.24, 2.45) is 0 Å². The number of ether oxygens (including phenoxy) is 3. The summed E-state index contributed by atoms with van der Waals surface area (Å²) < 4.78 is 161. The van der Waals surface area contributed by atoms with Crippen molar-refractivity contribution in [1.29, 1.82) is 0 Å². The second kappa shape index (κ2) is 8.74. The lowest BCUT2D eigenvalue weighted by atomic mass is 10.1. The predicted molar refractivity (Wildman–Crippen MR) is 72.3 cm³/mol. The number of hydrogen-bond acceptors (Lipinski definition) is 8. The molecule has 178 valence electrons. The highest BCUT2D eigenvalue weighted by atomic mass is 32.2. The Bertz CT molecular complexity index is 749. The monoisotopic (exact) mass is 487 g/mol. The average Bonchev–Trinajstić information content (AvgIpc) is 2.50. The Morgan fingerprint density at radius 2 is 1.43 bits per heavy atom. The Morgan fingerprint density at radius 1 is 0.967 bits per heavy atom. The Labute approximate surface area is 162 Å². The van der Waals surface area contributed by atoms with E-state index in [0.717, 1.165) is 6.92 Å². The van der Waals surface area contributed by atoms with Gasteiger partial charge in [0, 0.05) is 13.3 Å². The lowest BCUT2D eigenvalue weighted by molar-refractivity contribution is -0.395. The second-order valence-corrected chi connectivity index (χ2v) is 6.70. The normalized spacial score (nSPS) is 16.0. The van der Waals surface area contributed by atoms with Crippen molar-refractivity contribution < 1.29 is 76.3 Å². The lowest BCUT2D eigenvalue weighted by Crippen LogP contribution is -2.66. The standard InChI is InChI=1S/C12H13F9O8S/c1-3-27-7(23)9(29-6(2)22,10(15,16)11(17,18)19)28-5-4-8(13,14)12(20,21)30(24,25)26/h3-5H2,1-2H3,(H,24,25,26)/p-1. The largest absolute Gasteiger partial charge is 0.743 e. The van der Waals surface area contributed by atoms with E-state index < -0.39 is 70.8 Å². The van der Waals surface area contributed by atoms with Crippen LogP contribution in [0.4, 0.5) is 39.5 Å². The van der Waals surface area contributed by atoms with Crippen LogP contribution in [0.1, 0.15) is 20.3 Å². The molecule has 1 atom stereocenters. The van der Waals surface area contributed by atoms with Gasteiger partial charge in [-0.3, -0.25) is 4.79 Å². The maximum Gasteiger partial charge on any atom is 0.461 e. The molecule has 0 aliphatic rings. The first-order valence-corrected chi connectivity index (χ1v) is 8.68. The van der Waals surface area contributed by atoms with Gasteiger partial charge in [-0.2, -0.15) is 39.5 Å². The predicted octanol–water partition coefficient (Wildman–Crippen LogP) is 2.19. The number of carbonyl (C=O) groups is 2. The minimum absolute atomic E-state index is 0.205. The smallest absolute Gasteiger partial charge is 0.461 e. The fourth-order valence-corrected chi connectivity index (χ4v) is 2.15. The molecule has 0 bridgehead atoms. The van der Waals surface area contributed by atoms with Crippen molar-refractivity contribution in [1.82, 2.24) is 0 Å². The van der Waals surface area contributed by atoms with Crippen LogP contribution in [0, 0.1) is 0 Å². The molecular weight excluding hydrogens is 475 g/mol. The van der Waals surface area contributed by atoms with Gasteiger partial charge in [0.05, 0.1) is 13.2 Å². The molecule has 0 N–H and O–H groups in total. The van der Waals surface area contributed by atoms with Gasteiger partial charge in [0.15, 0.2) is 10.1 Å². The number of carbonyl (C=O) groups excluding carboxylic acids is 2. The molecule has 0 fully saturated rings. The molecule has 0 aromatic heterocycles. The molecule has 0 aromatic rings. The van der Waals surface area contributed by atoms with E-state index in [2.05, 4.69) is 14.2 Å². The van der Waals surface area contributed by atoms with E-state index in [4.69, 9.17) is 0 Å². The molecule has 0 spiro atoms. The van der Waals surface area contributed by atoms with Crippen LogP contribution in [-0.2, 0) is 33.9 Å². The number of esters is 2. The average molecular weight is 487 g/mol. The number of halogens is 9. The van der Waals surface area contributed by atoms with Crippen LogP contribution in [0.5, 0.6) is 0 Å². The van der Waals surface area contributed by atoms with Gasteiger partial charge in [-0.15, -0.1) is 0 Å². The van der Waals surface area contributed by atoms with Gasteiger partial charge in [0.1, 0.15) is 0 Å². The summed E-state index contributed by atoms with van der Waals surface area (Å²) in [7, 11) is -7.02. The zero-order valence-corrected chi connectivity index (χ0v) is 15.5. The molecule has 0 saturated heterocycles. The van der Waals surface area contributed by atoms with Crippen LogP contribution in [-0.4, -0.2) is 67.2 Å². The van der Waals surface area contributed by atoms with Crippen molar-refractivity contribution >= 4 is 22.1 Å². The van der Waals surface area contributed by atoms with E-state index in [9.17, 15) is 62.1 Å². The highest BCUT2D eigenvalue weighted by Gasteiger charge is 2.78. The molecule has 0 rings (SSSR count). The summed E-state index contributed by atoms with van der Waals surface area (Å²) in [5.74, 6) is -22.2. The molecule has 0 radical (unpaired) electrons. The molecule has 0 saturated carbocycles. The Balaban J connectivity index is 6.20. The fourth-order valence-electron chi connectivity index (χ4n) is 1.68. The van der Waals surface area contributed by atoms with Crippen molar-refractivity contribution in [2.45, 2.75) is 49.3 Å². The zero-order chi connectivity index (χ0) is 24.4. The summed E-state index contributed by atoms with van der Waals surface area (Å²) >= 11 is 0. The Morgan fingerprint density at radius 3 is 1.77 bits per heavy atom. The maximum atomic E-state index is 13.9. The lowest BCUT2D eigenvalue weighted by Gasteiger charge is -2.37. The third-order valence-electron chi connectivity index (χ3n) is 3.06.